The first kappa shape index (κ1) is 17.7. The van der Waals surface area contributed by atoms with Crippen LogP contribution < -0.4 is 9.47 Å². The van der Waals surface area contributed by atoms with E-state index in [2.05, 4.69) is 41.3 Å². The Kier molecular flexibility index (Phi) is 4.42. The van der Waals surface area contributed by atoms with Crippen molar-refractivity contribution in [2.45, 2.75) is 25.7 Å². The van der Waals surface area contributed by atoms with Crippen LogP contribution in [0.15, 0.2) is 47.0 Å². The van der Waals surface area contributed by atoms with Crippen LogP contribution in [0.25, 0.3) is 11.5 Å². The third-order valence-electron chi connectivity index (χ3n) is 5.43. The van der Waals surface area contributed by atoms with E-state index in [1.54, 1.807) is 0 Å². The highest BCUT2D eigenvalue weighted by atomic mass is 16.7. The number of likely N-dealkylation sites (tertiary alicyclic amines) is 1. The van der Waals surface area contributed by atoms with Crippen LogP contribution in [-0.2, 0) is 11.2 Å². The molecule has 0 bridgehead atoms. The maximum atomic E-state index is 12.4. The van der Waals surface area contributed by atoms with Crippen molar-refractivity contribution in [2.75, 3.05) is 19.9 Å². The van der Waals surface area contributed by atoms with Gasteiger partial charge in [-0.3, -0.25) is 4.79 Å². The zero-order chi connectivity index (χ0) is 19.8. The predicted octanol–water partition coefficient (Wildman–Crippen LogP) is 3.33. The fraction of sp³-hybridized carbons (Fsp3) is 0.318. The fourth-order valence-corrected chi connectivity index (χ4v) is 3.73. The highest BCUT2D eigenvalue weighted by molar-refractivity contribution is 5.79. The van der Waals surface area contributed by atoms with Gasteiger partial charge in [0.25, 0.3) is 5.89 Å². The quantitative estimate of drug-likeness (QED) is 0.664. The van der Waals surface area contributed by atoms with Crippen molar-refractivity contribution in [1.82, 2.24) is 15.0 Å². The molecule has 3 aromatic rings. The maximum absolute atomic E-state index is 12.4. The number of aryl methyl sites for hydroxylation is 1. The second kappa shape index (κ2) is 7.24. The minimum Gasteiger partial charge on any atom is -0.454 e. The van der Waals surface area contributed by atoms with Gasteiger partial charge in [-0.25, -0.2) is 0 Å². The smallest absolute Gasteiger partial charge is 0.258 e. The van der Waals surface area contributed by atoms with E-state index in [4.69, 9.17) is 14.0 Å². The fourth-order valence-electron chi connectivity index (χ4n) is 3.73. The van der Waals surface area contributed by atoms with Crippen LogP contribution >= 0.6 is 0 Å². The summed E-state index contributed by atoms with van der Waals surface area (Å²) in [5, 5.41) is 4.13. The molecule has 0 spiro atoms. The van der Waals surface area contributed by atoms with Crippen LogP contribution in [0.3, 0.4) is 0 Å². The number of hydrogen-bond acceptors (Lipinski definition) is 6. The average Bonchev–Trinajstić information content (AvgIpc) is 3.46. The number of carbonyl (C=O) groups is 1. The topological polar surface area (TPSA) is 77.7 Å². The number of hydrogen-bond donors (Lipinski definition) is 0. The lowest BCUT2D eigenvalue weighted by molar-refractivity contribution is -0.127. The molecule has 1 aromatic heterocycles. The molecule has 7 nitrogen and oxygen atoms in total. The van der Waals surface area contributed by atoms with E-state index in [9.17, 15) is 4.79 Å². The molecule has 148 valence electrons. The van der Waals surface area contributed by atoms with Gasteiger partial charge in [0.05, 0.1) is 0 Å². The number of fused-ring (bicyclic) bond motifs is 1. The molecule has 29 heavy (non-hydrogen) atoms. The Hall–Kier alpha value is -3.35. The zero-order valence-electron chi connectivity index (χ0n) is 16.1. The van der Waals surface area contributed by atoms with Crippen LogP contribution in [0.1, 0.15) is 29.3 Å². The van der Waals surface area contributed by atoms with E-state index in [0.29, 0.717) is 42.7 Å². The minimum absolute atomic E-state index is 0.0490. The SMILES string of the molecule is Cc1ccc(CCN2CC(c3noc(-c4ccc5c(c4)OCO5)n3)CC2=O)cc1. The maximum Gasteiger partial charge on any atom is 0.258 e. The van der Waals surface area contributed by atoms with E-state index >= 15 is 0 Å². The molecule has 0 radical (unpaired) electrons. The van der Waals surface area contributed by atoms with Gasteiger partial charge in [-0.1, -0.05) is 35.0 Å². The summed E-state index contributed by atoms with van der Waals surface area (Å²) in [5.74, 6) is 2.45. The number of nitrogens with zero attached hydrogens (tertiary/aromatic N) is 3. The molecule has 1 atom stereocenters. The molecule has 1 saturated heterocycles. The molecular weight excluding hydrogens is 370 g/mol. The van der Waals surface area contributed by atoms with Crippen molar-refractivity contribution >= 4 is 5.91 Å². The molecule has 1 amide bonds. The van der Waals surface area contributed by atoms with Crippen molar-refractivity contribution in [3.8, 4) is 23.0 Å². The Morgan fingerprint density at radius 1 is 1.10 bits per heavy atom. The second-order valence-electron chi connectivity index (χ2n) is 7.50. The molecule has 1 unspecified atom stereocenters. The van der Waals surface area contributed by atoms with Crippen LogP contribution in [0.2, 0.25) is 0 Å². The van der Waals surface area contributed by atoms with E-state index in [1.165, 1.54) is 11.1 Å². The van der Waals surface area contributed by atoms with Crippen molar-refractivity contribution in [3.05, 3.63) is 59.4 Å². The van der Waals surface area contributed by atoms with E-state index in [0.717, 1.165) is 12.0 Å². The third-order valence-corrected chi connectivity index (χ3v) is 5.43. The summed E-state index contributed by atoms with van der Waals surface area (Å²) in [5.41, 5.74) is 3.24. The lowest BCUT2D eigenvalue weighted by atomic mass is 10.1. The van der Waals surface area contributed by atoms with Gasteiger partial charge in [0.15, 0.2) is 17.3 Å². The van der Waals surface area contributed by atoms with Gasteiger partial charge in [0.2, 0.25) is 12.7 Å². The largest absolute Gasteiger partial charge is 0.454 e. The van der Waals surface area contributed by atoms with Crippen LogP contribution in [0.4, 0.5) is 0 Å². The highest BCUT2D eigenvalue weighted by Crippen LogP contribution is 2.36. The lowest BCUT2D eigenvalue weighted by Gasteiger charge is -2.16. The Morgan fingerprint density at radius 3 is 2.79 bits per heavy atom. The summed E-state index contributed by atoms with van der Waals surface area (Å²) in [6, 6.07) is 13.9. The van der Waals surface area contributed by atoms with E-state index in [1.807, 2.05) is 23.1 Å². The van der Waals surface area contributed by atoms with Crippen LogP contribution in [0, 0.1) is 6.92 Å². The molecule has 2 aromatic carbocycles. The number of benzene rings is 2. The molecule has 5 rings (SSSR count). The first-order valence-corrected chi connectivity index (χ1v) is 9.72. The van der Waals surface area contributed by atoms with Gasteiger partial charge in [-0.2, -0.15) is 4.98 Å². The van der Waals surface area contributed by atoms with Crippen LogP contribution in [-0.4, -0.2) is 40.8 Å². The summed E-state index contributed by atoms with van der Waals surface area (Å²) < 4.78 is 16.2. The minimum atomic E-state index is -0.0490. The Labute approximate surface area is 168 Å². The van der Waals surface area contributed by atoms with Gasteiger partial charge in [0, 0.05) is 31.0 Å². The number of carbonyl (C=O) groups excluding carboxylic acids is 1. The molecule has 7 heteroatoms. The van der Waals surface area contributed by atoms with Crippen molar-refractivity contribution in [3.63, 3.8) is 0 Å². The van der Waals surface area contributed by atoms with E-state index < -0.39 is 0 Å². The third kappa shape index (κ3) is 3.55. The van der Waals surface area contributed by atoms with Crippen molar-refractivity contribution in [1.29, 1.82) is 0 Å². The first-order chi connectivity index (χ1) is 14.2. The molecule has 0 N–H and O–H groups in total. The van der Waals surface area contributed by atoms with Crippen molar-refractivity contribution < 1.29 is 18.8 Å². The summed E-state index contributed by atoms with van der Waals surface area (Å²) in [7, 11) is 0. The molecule has 0 aliphatic carbocycles. The molecular formula is C22H21N3O4. The molecule has 1 fully saturated rings. The summed E-state index contributed by atoms with van der Waals surface area (Å²) in [6.45, 7) is 3.60. The Balaban J connectivity index is 1.25. The van der Waals surface area contributed by atoms with Gasteiger partial charge in [-0.15, -0.1) is 0 Å². The summed E-state index contributed by atoms with van der Waals surface area (Å²) in [6.07, 6.45) is 1.25. The molecule has 0 saturated carbocycles. The lowest BCUT2D eigenvalue weighted by Crippen LogP contribution is -2.27. The Morgan fingerprint density at radius 2 is 1.93 bits per heavy atom. The Bertz CT molecular complexity index is 1040. The zero-order valence-corrected chi connectivity index (χ0v) is 16.1. The monoisotopic (exact) mass is 391 g/mol. The van der Waals surface area contributed by atoms with Gasteiger partial charge < -0.3 is 18.9 Å². The molecule has 2 aliphatic rings. The van der Waals surface area contributed by atoms with Gasteiger partial charge in [0.1, 0.15) is 0 Å². The van der Waals surface area contributed by atoms with Gasteiger partial charge in [-0.05, 0) is 37.1 Å². The number of aromatic nitrogens is 2. The number of ether oxygens (including phenoxy) is 2. The first-order valence-electron chi connectivity index (χ1n) is 9.72. The predicted molar refractivity (Wildman–Crippen MR) is 105 cm³/mol. The van der Waals surface area contributed by atoms with E-state index in [-0.39, 0.29) is 18.6 Å². The van der Waals surface area contributed by atoms with Gasteiger partial charge >= 0.3 is 0 Å². The number of rotatable bonds is 5. The van der Waals surface area contributed by atoms with Crippen LogP contribution in [0.5, 0.6) is 11.5 Å². The standard InChI is InChI=1S/C22H21N3O4/c1-14-2-4-15(5-3-14)8-9-25-12-17(11-20(25)26)21-23-22(29-24-21)16-6-7-18-19(10-16)28-13-27-18/h2-7,10,17H,8-9,11-13H2,1H3. The molecule has 3 heterocycles. The summed E-state index contributed by atoms with van der Waals surface area (Å²) in [4.78, 5) is 18.9. The highest BCUT2D eigenvalue weighted by Gasteiger charge is 2.33. The normalized spacial score (nSPS) is 17.9. The summed E-state index contributed by atoms with van der Waals surface area (Å²) >= 11 is 0. The average molecular weight is 391 g/mol. The molecule has 2 aliphatic heterocycles. The van der Waals surface area contributed by atoms with Crippen molar-refractivity contribution in [2.24, 2.45) is 0 Å². The number of amides is 1. The second-order valence-corrected chi connectivity index (χ2v) is 7.50.